The van der Waals surface area contributed by atoms with Gasteiger partial charge in [-0.25, -0.2) is 0 Å². The van der Waals surface area contributed by atoms with Gasteiger partial charge in [-0.15, -0.1) is 0 Å². The fourth-order valence-corrected chi connectivity index (χ4v) is 1.44. The molecule has 0 radical (unpaired) electrons. The maximum Gasteiger partial charge on any atom is 0.228 e. The average Bonchev–Trinajstić information content (AvgIpc) is 2.26. The summed E-state index contributed by atoms with van der Waals surface area (Å²) in [6.45, 7) is 8.03. The Balaban J connectivity index is 2.96. The SMILES string of the molecule is CCC(=O)C(=O)c1ccc(C(C)(C)C)cc1. The number of Topliss-reactive ketones (excluding diaryl/α,β-unsaturated/α-hetero) is 2. The molecule has 0 aliphatic rings. The van der Waals surface area contributed by atoms with Crippen molar-refractivity contribution >= 4 is 11.6 Å². The van der Waals surface area contributed by atoms with Crippen LogP contribution in [-0.4, -0.2) is 11.6 Å². The fourth-order valence-electron chi connectivity index (χ4n) is 1.44. The van der Waals surface area contributed by atoms with Crippen LogP contribution in [0.1, 0.15) is 50.0 Å². The Morgan fingerprint density at radius 2 is 1.56 bits per heavy atom. The minimum absolute atomic E-state index is 0.0658. The minimum atomic E-state index is -0.386. The zero-order valence-corrected chi connectivity index (χ0v) is 10.3. The first kappa shape index (κ1) is 12.6. The van der Waals surface area contributed by atoms with Crippen molar-refractivity contribution in [2.75, 3.05) is 0 Å². The van der Waals surface area contributed by atoms with Crippen LogP contribution >= 0.6 is 0 Å². The molecule has 0 bridgehead atoms. The van der Waals surface area contributed by atoms with E-state index in [1.807, 2.05) is 12.1 Å². The summed E-state index contributed by atoms with van der Waals surface area (Å²) in [6.07, 6.45) is 0.264. The van der Waals surface area contributed by atoms with E-state index in [2.05, 4.69) is 20.8 Å². The lowest BCUT2D eigenvalue weighted by molar-refractivity contribution is -0.114. The number of benzene rings is 1. The molecule has 0 spiro atoms. The third kappa shape index (κ3) is 2.78. The molecule has 0 aliphatic heterocycles. The zero-order valence-electron chi connectivity index (χ0n) is 10.3. The first-order valence-electron chi connectivity index (χ1n) is 5.54. The molecule has 0 unspecified atom stereocenters. The molecule has 2 nitrogen and oxygen atoms in total. The lowest BCUT2D eigenvalue weighted by Crippen LogP contribution is -2.14. The molecule has 1 aromatic carbocycles. The molecule has 16 heavy (non-hydrogen) atoms. The van der Waals surface area contributed by atoms with E-state index in [9.17, 15) is 9.59 Å². The quantitative estimate of drug-likeness (QED) is 0.577. The molecule has 0 atom stereocenters. The predicted octanol–water partition coefficient (Wildman–Crippen LogP) is 3.15. The van der Waals surface area contributed by atoms with Crippen molar-refractivity contribution in [3.63, 3.8) is 0 Å². The molecule has 0 saturated carbocycles. The second-order valence-electron chi connectivity index (χ2n) is 4.93. The van der Waals surface area contributed by atoms with Crippen LogP contribution in [0.3, 0.4) is 0 Å². The number of carbonyl (C=O) groups excluding carboxylic acids is 2. The molecule has 86 valence electrons. The van der Waals surface area contributed by atoms with Crippen LogP contribution in [-0.2, 0) is 10.2 Å². The Morgan fingerprint density at radius 1 is 1.06 bits per heavy atom. The monoisotopic (exact) mass is 218 g/mol. The lowest BCUT2D eigenvalue weighted by Gasteiger charge is -2.18. The molecule has 2 heteroatoms. The van der Waals surface area contributed by atoms with Gasteiger partial charge in [-0.3, -0.25) is 9.59 Å². The van der Waals surface area contributed by atoms with E-state index in [1.165, 1.54) is 0 Å². The number of hydrogen-bond acceptors (Lipinski definition) is 2. The van der Waals surface area contributed by atoms with Crippen molar-refractivity contribution in [3.8, 4) is 0 Å². The van der Waals surface area contributed by atoms with E-state index >= 15 is 0 Å². The molecule has 0 amide bonds. The highest BCUT2D eigenvalue weighted by molar-refractivity contribution is 6.43. The van der Waals surface area contributed by atoms with Crippen LogP contribution in [0.4, 0.5) is 0 Å². The second-order valence-corrected chi connectivity index (χ2v) is 4.93. The molecule has 1 aromatic rings. The van der Waals surface area contributed by atoms with Gasteiger partial charge < -0.3 is 0 Å². The molecular weight excluding hydrogens is 200 g/mol. The molecule has 1 rings (SSSR count). The van der Waals surface area contributed by atoms with Crippen molar-refractivity contribution in [1.82, 2.24) is 0 Å². The highest BCUT2D eigenvalue weighted by atomic mass is 16.2. The van der Waals surface area contributed by atoms with Gasteiger partial charge in [0.05, 0.1) is 0 Å². The Hall–Kier alpha value is -1.44. The number of ketones is 2. The van der Waals surface area contributed by atoms with E-state index in [0.717, 1.165) is 5.56 Å². The highest BCUT2D eigenvalue weighted by Gasteiger charge is 2.16. The minimum Gasteiger partial charge on any atom is -0.290 e. The predicted molar refractivity (Wildman–Crippen MR) is 64.8 cm³/mol. The molecular formula is C14H18O2. The van der Waals surface area contributed by atoms with E-state index in [0.29, 0.717) is 5.56 Å². The van der Waals surface area contributed by atoms with Crippen molar-refractivity contribution in [1.29, 1.82) is 0 Å². The number of hydrogen-bond donors (Lipinski definition) is 0. The summed E-state index contributed by atoms with van der Waals surface area (Å²) in [5.74, 6) is -0.716. The summed E-state index contributed by atoms with van der Waals surface area (Å²) >= 11 is 0. The number of rotatable bonds is 3. The smallest absolute Gasteiger partial charge is 0.228 e. The zero-order chi connectivity index (χ0) is 12.3. The van der Waals surface area contributed by atoms with Gasteiger partial charge in [0.2, 0.25) is 11.6 Å². The average molecular weight is 218 g/mol. The summed E-state index contributed by atoms with van der Waals surface area (Å²) in [5, 5.41) is 0. The third-order valence-corrected chi connectivity index (χ3v) is 2.59. The largest absolute Gasteiger partial charge is 0.290 e. The fraction of sp³-hybridized carbons (Fsp3) is 0.429. The van der Waals surface area contributed by atoms with Crippen molar-refractivity contribution in [2.24, 2.45) is 0 Å². The molecule has 0 heterocycles. The van der Waals surface area contributed by atoms with Gasteiger partial charge in [0.25, 0.3) is 0 Å². The van der Waals surface area contributed by atoms with Crippen LogP contribution in [0.5, 0.6) is 0 Å². The van der Waals surface area contributed by atoms with Gasteiger partial charge in [0, 0.05) is 12.0 Å². The van der Waals surface area contributed by atoms with Gasteiger partial charge in [-0.1, -0.05) is 52.0 Å². The molecule has 0 aliphatic carbocycles. The third-order valence-electron chi connectivity index (χ3n) is 2.59. The van der Waals surface area contributed by atoms with Gasteiger partial charge in [0.15, 0.2) is 0 Å². The van der Waals surface area contributed by atoms with Crippen molar-refractivity contribution in [2.45, 2.75) is 39.5 Å². The van der Waals surface area contributed by atoms with E-state index < -0.39 is 0 Å². The van der Waals surface area contributed by atoms with Crippen molar-refractivity contribution < 1.29 is 9.59 Å². The van der Waals surface area contributed by atoms with Crippen LogP contribution in [0.2, 0.25) is 0 Å². The lowest BCUT2D eigenvalue weighted by atomic mass is 9.86. The maximum atomic E-state index is 11.6. The summed E-state index contributed by atoms with van der Waals surface area (Å²) in [5.41, 5.74) is 1.71. The Kier molecular flexibility index (Phi) is 3.63. The molecule has 0 aromatic heterocycles. The van der Waals surface area contributed by atoms with E-state index in [1.54, 1.807) is 19.1 Å². The maximum absolute atomic E-state index is 11.6. The standard InChI is InChI=1S/C14H18O2/c1-5-12(15)13(16)10-6-8-11(9-7-10)14(2,3)4/h6-9H,5H2,1-4H3. The Morgan fingerprint density at radius 3 is 1.94 bits per heavy atom. The molecule has 0 fully saturated rings. The topological polar surface area (TPSA) is 34.1 Å². The summed E-state index contributed by atoms with van der Waals surface area (Å²) < 4.78 is 0. The van der Waals surface area contributed by atoms with Gasteiger partial charge in [-0.05, 0) is 11.0 Å². The van der Waals surface area contributed by atoms with Gasteiger partial charge in [0.1, 0.15) is 0 Å². The van der Waals surface area contributed by atoms with Crippen LogP contribution in [0, 0.1) is 0 Å². The van der Waals surface area contributed by atoms with Gasteiger partial charge >= 0.3 is 0 Å². The Bertz CT molecular complexity index is 394. The second kappa shape index (κ2) is 4.60. The summed E-state index contributed by atoms with van der Waals surface area (Å²) in [4.78, 5) is 22.8. The first-order valence-corrected chi connectivity index (χ1v) is 5.54. The first-order chi connectivity index (χ1) is 7.36. The summed E-state index contributed by atoms with van der Waals surface area (Å²) in [6, 6.07) is 7.29. The number of carbonyl (C=O) groups is 2. The van der Waals surface area contributed by atoms with Crippen LogP contribution < -0.4 is 0 Å². The Labute approximate surface area is 96.7 Å². The van der Waals surface area contributed by atoms with E-state index in [4.69, 9.17) is 0 Å². The molecule has 0 N–H and O–H groups in total. The van der Waals surface area contributed by atoms with Gasteiger partial charge in [-0.2, -0.15) is 0 Å². The normalized spacial score (nSPS) is 11.2. The van der Waals surface area contributed by atoms with Crippen LogP contribution in [0.25, 0.3) is 0 Å². The highest BCUT2D eigenvalue weighted by Crippen LogP contribution is 2.22. The van der Waals surface area contributed by atoms with E-state index in [-0.39, 0.29) is 23.4 Å². The molecule has 0 saturated heterocycles. The van der Waals surface area contributed by atoms with Crippen LogP contribution in [0.15, 0.2) is 24.3 Å². The van der Waals surface area contributed by atoms with Crippen molar-refractivity contribution in [3.05, 3.63) is 35.4 Å². The summed E-state index contributed by atoms with van der Waals surface area (Å²) in [7, 11) is 0.